The van der Waals surface area contributed by atoms with Crippen molar-refractivity contribution in [2.75, 3.05) is 16.8 Å². The first kappa shape index (κ1) is 17.5. The van der Waals surface area contributed by atoms with Gasteiger partial charge in [0.1, 0.15) is 11.6 Å². The van der Waals surface area contributed by atoms with Gasteiger partial charge in [-0.25, -0.2) is 13.8 Å². The molecule has 1 saturated heterocycles. The van der Waals surface area contributed by atoms with Crippen LogP contribution >= 0.6 is 11.3 Å². The van der Waals surface area contributed by atoms with Gasteiger partial charge in [0, 0.05) is 23.9 Å². The Bertz CT molecular complexity index is 837. The summed E-state index contributed by atoms with van der Waals surface area (Å²) in [6, 6.07) is 3.02. The Balaban J connectivity index is 1.72. The summed E-state index contributed by atoms with van der Waals surface area (Å²) in [6.45, 7) is 3.97. The molecular formula is C17H17F2N3O2S. The minimum atomic E-state index is -0.822. The van der Waals surface area contributed by atoms with E-state index >= 15 is 0 Å². The summed E-state index contributed by atoms with van der Waals surface area (Å²) in [7, 11) is 0. The van der Waals surface area contributed by atoms with E-state index in [-0.39, 0.29) is 30.5 Å². The molecule has 0 saturated carbocycles. The van der Waals surface area contributed by atoms with Crippen LogP contribution in [0.4, 0.5) is 19.6 Å². The zero-order chi connectivity index (χ0) is 18.1. The van der Waals surface area contributed by atoms with E-state index in [0.29, 0.717) is 5.13 Å². The van der Waals surface area contributed by atoms with Crippen molar-refractivity contribution in [3.05, 3.63) is 40.4 Å². The smallest absolute Gasteiger partial charge is 0.231 e. The van der Waals surface area contributed by atoms with Crippen molar-refractivity contribution < 1.29 is 18.4 Å². The standard InChI is InChI=1S/C17H17F2N3O2S/c1-3-13-9(2)25-17(20-13)21-16(24)10-6-15(23)22(8-10)14-5-4-11(18)7-12(14)19/h4-5,7,10H,3,6,8H2,1-2H3,(H,20,21,24)/t10-/m0/s1. The highest BCUT2D eigenvalue weighted by Crippen LogP contribution is 2.29. The van der Waals surface area contributed by atoms with Crippen LogP contribution in [-0.4, -0.2) is 23.3 Å². The van der Waals surface area contributed by atoms with E-state index in [9.17, 15) is 18.4 Å². The number of carbonyl (C=O) groups is 2. The highest BCUT2D eigenvalue weighted by atomic mass is 32.1. The van der Waals surface area contributed by atoms with Gasteiger partial charge in [-0.15, -0.1) is 11.3 Å². The molecule has 0 bridgehead atoms. The SMILES string of the molecule is CCc1nc(NC(=O)[C@H]2CC(=O)N(c3ccc(F)cc3F)C2)sc1C. The van der Waals surface area contributed by atoms with Gasteiger partial charge >= 0.3 is 0 Å². The number of aryl methyl sites for hydroxylation is 2. The molecule has 0 spiro atoms. The number of hydrogen-bond donors (Lipinski definition) is 1. The Labute approximate surface area is 147 Å². The molecular weight excluding hydrogens is 348 g/mol. The summed E-state index contributed by atoms with van der Waals surface area (Å²) in [6.07, 6.45) is 0.755. The van der Waals surface area contributed by atoms with Gasteiger partial charge in [-0.3, -0.25) is 9.59 Å². The molecule has 0 unspecified atom stereocenters. The minimum Gasteiger partial charge on any atom is -0.309 e. The summed E-state index contributed by atoms with van der Waals surface area (Å²) in [5.74, 6) is -2.83. The van der Waals surface area contributed by atoms with Gasteiger partial charge in [-0.2, -0.15) is 0 Å². The highest BCUT2D eigenvalue weighted by molar-refractivity contribution is 7.15. The number of hydrogen-bond acceptors (Lipinski definition) is 4. The second-order valence-corrected chi connectivity index (χ2v) is 7.07. The Morgan fingerprint density at radius 2 is 2.20 bits per heavy atom. The molecule has 25 heavy (non-hydrogen) atoms. The number of rotatable bonds is 4. The molecule has 5 nitrogen and oxygen atoms in total. The Hall–Kier alpha value is -2.35. The topological polar surface area (TPSA) is 62.3 Å². The molecule has 0 aliphatic carbocycles. The fourth-order valence-electron chi connectivity index (χ4n) is 2.83. The van der Waals surface area contributed by atoms with Gasteiger partial charge in [-0.1, -0.05) is 6.92 Å². The summed E-state index contributed by atoms with van der Waals surface area (Å²) in [4.78, 5) is 31.1. The number of aromatic nitrogens is 1. The third kappa shape index (κ3) is 3.53. The molecule has 1 aliphatic heterocycles. The second-order valence-electron chi connectivity index (χ2n) is 5.87. The number of amides is 2. The zero-order valence-corrected chi connectivity index (χ0v) is 14.6. The monoisotopic (exact) mass is 365 g/mol. The van der Waals surface area contributed by atoms with E-state index in [0.717, 1.165) is 29.1 Å². The summed E-state index contributed by atoms with van der Waals surface area (Å²) in [5.41, 5.74) is 0.915. The molecule has 1 aromatic carbocycles. The predicted octanol–water partition coefficient (Wildman–Crippen LogP) is 3.28. The third-order valence-electron chi connectivity index (χ3n) is 4.15. The quantitative estimate of drug-likeness (QED) is 0.904. The molecule has 2 heterocycles. The van der Waals surface area contributed by atoms with Gasteiger partial charge in [-0.05, 0) is 25.5 Å². The molecule has 1 aliphatic rings. The van der Waals surface area contributed by atoms with Gasteiger partial charge in [0.05, 0.1) is 17.3 Å². The maximum Gasteiger partial charge on any atom is 0.231 e. The van der Waals surface area contributed by atoms with Crippen LogP contribution in [0.15, 0.2) is 18.2 Å². The lowest BCUT2D eigenvalue weighted by Crippen LogP contribution is -2.28. The first-order valence-corrected chi connectivity index (χ1v) is 8.73. The van der Waals surface area contributed by atoms with Gasteiger partial charge < -0.3 is 10.2 Å². The molecule has 1 fully saturated rings. The van der Waals surface area contributed by atoms with E-state index in [2.05, 4.69) is 10.3 Å². The Morgan fingerprint density at radius 3 is 2.84 bits per heavy atom. The van der Waals surface area contributed by atoms with Crippen molar-refractivity contribution in [1.29, 1.82) is 0 Å². The summed E-state index contributed by atoms with van der Waals surface area (Å²) < 4.78 is 26.9. The van der Waals surface area contributed by atoms with E-state index in [1.165, 1.54) is 22.3 Å². The van der Waals surface area contributed by atoms with Crippen molar-refractivity contribution in [3.63, 3.8) is 0 Å². The number of benzene rings is 1. The average Bonchev–Trinajstić information content (AvgIpc) is 3.10. The molecule has 132 valence electrons. The number of thiazole rings is 1. The van der Waals surface area contributed by atoms with Crippen LogP contribution in [0.3, 0.4) is 0 Å². The second kappa shape index (κ2) is 6.87. The highest BCUT2D eigenvalue weighted by Gasteiger charge is 2.36. The van der Waals surface area contributed by atoms with Crippen molar-refractivity contribution in [1.82, 2.24) is 4.98 Å². The van der Waals surface area contributed by atoms with Crippen LogP contribution in [0.25, 0.3) is 0 Å². The molecule has 1 aromatic heterocycles. The predicted molar refractivity (Wildman–Crippen MR) is 91.7 cm³/mol. The van der Waals surface area contributed by atoms with Crippen LogP contribution in [-0.2, 0) is 16.0 Å². The van der Waals surface area contributed by atoms with E-state index in [4.69, 9.17) is 0 Å². The van der Waals surface area contributed by atoms with Gasteiger partial charge in [0.25, 0.3) is 0 Å². The van der Waals surface area contributed by atoms with Gasteiger partial charge in [0.15, 0.2) is 5.13 Å². The number of halogens is 2. The van der Waals surface area contributed by atoms with Crippen LogP contribution < -0.4 is 10.2 Å². The maximum absolute atomic E-state index is 13.9. The molecule has 3 rings (SSSR count). The fourth-order valence-corrected chi connectivity index (χ4v) is 3.74. The first-order valence-electron chi connectivity index (χ1n) is 7.91. The molecule has 0 radical (unpaired) electrons. The lowest BCUT2D eigenvalue weighted by molar-refractivity contribution is -0.122. The number of nitrogens with one attached hydrogen (secondary N) is 1. The number of carbonyl (C=O) groups excluding carboxylic acids is 2. The van der Waals surface area contributed by atoms with E-state index < -0.39 is 17.6 Å². The third-order valence-corrected chi connectivity index (χ3v) is 5.08. The minimum absolute atomic E-state index is 0.0138. The average molecular weight is 365 g/mol. The van der Waals surface area contributed by atoms with Crippen LogP contribution in [0.1, 0.15) is 23.9 Å². The first-order chi connectivity index (χ1) is 11.9. The lowest BCUT2D eigenvalue weighted by Gasteiger charge is -2.17. The lowest BCUT2D eigenvalue weighted by atomic mass is 10.1. The van der Waals surface area contributed by atoms with Crippen molar-refractivity contribution in [2.24, 2.45) is 5.92 Å². The number of nitrogens with zero attached hydrogens (tertiary/aromatic N) is 2. The largest absolute Gasteiger partial charge is 0.309 e. The molecule has 2 aromatic rings. The fraction of sp³-hybridized carbons (Fsp3) is 0.353. The maximum atomic E-state index is 13.9. The summed E-state index contributed by atoms with van der Waals surface area (Å²) in [5, 5.41) is 3.23. The van der Waals surface area contributed by atoms with Crippen molar-refractivity contribution in [2.45, 2.75) is 26.7 Å². The van der Waals surface area contributed by atoms with Crippen molar-refractivity contribution in [3.8, 4) is 0 Å². The normalized spacial score (nSPS) is 17.2. The zero-order valence-electron chi connectivity index (χ0n) is 13.8. The van der Waals surface area contributed by atoms with E-state index in [1.54, 1.807) is 0 Å². The Kier molecular flexibility index (Phi) is 4.80. The molecule has 2 amide bonds. The van der Waals surface area contributed by atoms with Crippen LogP contribution in [0, 0.1) is 24.5 Å². The van der Waals surface area contributed by atoms with Crippen LogP contribution in [0.5, 0.6) is 0 Å². The van der Waals surface area contributed by atoms with Crippen molar-refractivity contribution >= 4 is 34.0 Å². The molecule has 8 heteroatoms. The summed E-state index contributed by atoms with van der Waals surface area (Å²) >= 11 is 1.38. The van der Waals surface area contributed by atoms with E-state index in [1.807, 2.05) is 13.8 Å². The van der Waals surface area contributed by atoms with Crippen LogP contribution in [0.2, 0.25) is 0 Å². The van der Waals surface area contributed by atoms with Gasteiger partial charge in [0.2, 0.25) is 11.8 Å². The number of anilines is 2. The molecule has 1 N–H and O–H groups in total. The Morgan fingerprint density at radius 1 is 1.44 bits per heavy atom. The molecule has 1 atom stereocenters.